The highest BCUT2D eigenvalue weighted by atomic mass is 16.6. The van der Waals surface area contributed by atoms with Gasteiger partial charge in [0, 0.05) is 0 Å². The van der Waals surface area contributed by atoms with E-state index in [0.717, 1.165) is 0 Å². The number of rotatable bonds is 7. The first-order chi connectivity index (χ1) is 8.29. The zero-order chi connectivity index (χ0) is 14.3. The normalized spacial score (nSPS) is 13.8. The molecule has 0 fully saturated rings. The van der Waals surface area contributed by atoms with Gasteiger partial charge >= 0.3 is 17.9 Å². The fourth-order valence-electron chi connectivity index (χ4n) is 1.04. The van der Waals surface area contributed by atoms with Crippen molar-refractivity contribution in [2.24, 2.45) is 11.7 Å². The second-order valence-electron chi connectivity index (χ2n) is 4.04. The van der Waals surface area contributed by atoms with E-state index in [1.165, 1.54) is 0 Å². The molecule has 0 rings (SSSR count). The minimum atomic E-state index is -1.57. The number of hydrogen-bond acceptors (Lipinski definition) is 6. The van der Waals surface area contributed by atoms with Gasteiger partial charge in [-0.25, -0.2) is 4.79 Å². The molecule has 2 atom stereocenters. The largest absolute Gasteiger partial charge is 0.478 e. The van der Waals surface area contributed by atoms with E-state index < -0.39 is 36.5 Å². The molecular weight excluding hydrogens is 242 g/mol. The maximum atomic E-state index is 11.5. The van der Waals surface area contributed by atoms with Crippen molar-refractivity contribution in [2.75, 3.05) is 6.61 Å². The predicted molar refractivity (Wildman–Crippen MR) is 61.6 cm³/mol. The Balaban J connectivity index is 4.50. The van der Waals surface area contributed by atoms with Crippen molar-refractivity contribution in [1.82, 2.24) is 0 Å². The molecule has 0 saturated carbocycles. The SMILES string of the molecule is CCOC(=O)CC(OC(=O)C(N)C(C)C)C(=O)O. The molecule has 0 spiro atoms. The van der Waals surface area contributed by atoms with Crippen LogP contribution in [0.4, 0.5) is 0 Å². The number of ether oxygens (including phenoxy) is 2. The summed E-state index contributed by atoms with van der Waals surface area (Å²) in [6, 6.07) is -0.922. The molecule has 2 unspecified atom stereocenters. The average Bonchev–Trinajstić information content (AvgIpc) is 2.26. The van der Waals surface area contributed by atoms with Crippen LogP contribution < -0.4 is 5.73 Å². The third-order valence-corrected chi connectivity index (χ3v) is 2.18. The summed E-state index contributed by atoms with van der Waals surface area (Å²) in [6.45, 7) is 5.12. The van der Waals surface area contributed by atoms with Crippen molar-refractivity contribution < 1.29 is 29.0 Å². The van der Waals surface area contributed by atoms with Crippen LogP contribution in [0.3, 0.4) is 0 Å². The van der Waals surface area contributed by atoms with Gasteiger partial charge in [-0.3, -0.25) is 9.59 Å². The van der Waals surface area contributed by atoms with Crippen molar-refractivity contribution in [1.29, 1.82) is 0 Å². The number of carboxylic acids is 1. The third-order valence-electron chi connectivity index (χ3n) is 2.18. The maximum Gasteiger partial charge on any atom is 0.345 e. The topological polar surface area (TPSA) is 116 Å². The standard InChI is InChI=1S/C11H19NO6/c1-4-17-8(13)5-7(10(14)15)18-11(16)9(12)6(2)3/h6-7,9H,4-5,12H2,1-3H3,(H,14,15). The molecule has 0 aliphatic carbocycles. The van der Waals surface area contributed by atoms with Crippen molar-refractivity contribution >= 4 is 17.9 Å². The maximum absolute atomic E-state index is 11.5. The van der Waals surface area contributed by atoms with E-state index in [2.05, 4.69) is 9.47 Å². The van der Waals surface area contributed by atoms with E-state index in [1.807, 2.05) is 0 Å². The molecule has 3 N–H and O–H groups in total. The van der Waals surface area contributed by atoms with Crippen LogP contribution in [0.15, 0.2) is 0 Å². The first-order valence-corrected chi connectivity index (χ1v) is 5.64. The van der Waals surface area contributed by atoms with Crippen LogP contribution in [0.1, 0.15) is 27.2 Å². The van der Waals surface area contributed by atoms with E-state index in [4.69, 9.17) is 10.8 Å². The number of carbonyl (C=O) groups excluding carboxylic acids is 2. The van der Waals surface area contributed by atoms with Crippen LogP contribution in [0.2, 0.25) is 0 Å². The second kappa shape index (κ2) is 7.65. The van der Waals surface area contributed by atoms with Gasteiger partial charge in [0.2, 0.25) is 6.10 Å². The van der Waals surface area contributed by atoms with Crippen molar-refractivity contribution in [3.8, 4) is 0 Å². The number of aliphatic carboxylic acids is 1. The summed E-state index contributed by atoms with van der Waals surface area (Å²) in [7, 11) is 0. The lowest BCUT2D eigenvalue weighted by Crippen LogP contribution is -2.41. The lowest BCUT2D eigenvalue weighted by Gasteiger charge is -2.18. The fourth-order valence-corrected chi connectivity index (χ4v) is 1.04. The number of hydrogen-bond donors (Lipinski definition) is 2. The molecule has 0 heterocycles. The van der Waals surface area contributed by atoms with E-state index in [9.17, 15) is 14.4 Å². The Hall–Kier alpha value is -1.63. The van der Waals surface area contributed by atoms with E-state index in [0.29, 0.717) is 0 Å². The molecule has 0 bridgehead atoms. The van der Waals surface area contributed by atoms with Crippen molar-refractivity contribution in [3.05, 3.63) is 0 Å². The third kappa shape index (κ3) is 5.62. The van der Waals surface area contributed by atoms with Gasteiger partial charge in [-0.15, -0.1) is 0 Å². The molecule has 0 amide bonds. The van der Waals surface area contributed by atoms with Crippen LogP contribution in [-0.2, 0) is 23.9 Å². The Morgan fingerprint density at radius 2 is 1.83 bits per heavy atom. The minimum Gasteiger partial charge on any atom is -0.478 e. The Morgan fingerprint density at radius 1 is 1.28 bits per heavy atom. The number of carbonyl (C=O) groups is 3. The molecule has 0 radical (unpaired) electrons. The number of nitrogens with two attached hydrogens (primary N) is 1. The Bertz CT molecular complexity index is 315. The summed E-state index contributed by atoms with van der Waals surface area (Å²) in [4.78, 5) is 33.5. The predicted octanol–water partition coefficient (Wildman–Crippen LogP) is -0.0807. The second-order valence-corrected chi connectivity index (χ2v) is 4.04. The Kier molecular flexibility index (Phi) is 6.96. The molecule has 7 nitrogen and oxygen atoms in total. The van der Waals surface area contributed by atoms with E-state index >= 15 is 0 Å². The van der Waals surface area contributed by atoms with Gasteiger partial charge in [0.25, 0.3) is 0 Å². The van der Waals surface area contributed by atoms with Crippen molar-refractivity contribution in [2.45, 2.75) is 39.3 Å². The van der Waals surface area contributed by atoms with Gasteiger partial charge < -0.3 is 20.3 Å². The molecule has 0 aliphatic heterocycles. The van der Waals surface area contributed by atoms with Crippen LogP contribution in [0.5, 0.6) is 0 Å². The zero-order valence-corrected chi connectivity index (χ0v) is 10.7. The molecule has 18 heavy (non-hydrogen) atoms. The summed E-state index contributed by atoms with van der Waals surface area (Å²) >= 11 is 0. The van der Waals surface area contributed by atoms with Crippen LogP contribution in [0, 0.1) is 5.92 Å². The molecule has 0 aliphatic rings. The highest BCUT2D eigenvalue weighted by Gasteiger charge is 2.29. The first-order valence-electron chi connectivity index (χ1n) is 5.64. The summed E-state index contributed by atoms with van der Waals surface area (Å²) in [6.07, 6.45) is -2.10. The monoisotopic (exact) mass is 261 g/mol. The summed E-state index contributed by atoms with van der Waals surface area (Å²) in [5.74, 6) is -3.18. The highest BCUT2D eigenvalue weighted by molar-refractivity contribution is 5.84. The Morgan fingerprint density at radius 3 is 2.22 bits per heavy atom. The van der Waals surface area contributed by atoms with Gasteiger partial charge in [0.1, 0.15) is 6.04 Å². The van der Waals surface area contributed by atoms with Crippen LogP contribution in [0.25, 0.3) is 0 Å². The lowest BCUT2D eigenvalue weighted by molar-refractivity contribution is -0.169. The van der Waals surface area contributed by atoms with Gasteiger partial charge in [-0.1, -0.05) is 13.8 Å². The van der Waals surface area contributed by atoms with Crippen LogP contribution >= 0.6 is 0 Å². The van der Waals surface area contributed by atoms with Gasteiger partial charge in [0.05, 0.1) is 13.0 Å². The number of esters is 2. The highest BCUT2D eigenvalue weighted by Crippen LogP contribution is 2.07. The molecule has 0 aromatic rings. The molecule has 0 aromatic heterocycles. The summed E-state index contributed by atoms with van der Waals surface area (Å²) in [5, 5.41) is 8.83. The average molecular weight is 261 g/mol. The van der Waals surface area contributed by atoms with Gasteiger partial charge in [-0.2, -0.15) is 0 Å². The molecule has 7 heteroatoms. The molecule has 104 valence electrons. The fraction of sp³-hybridized carbons (Fsp3) is 0.727. The zero-order valence-electron chi connectivity index (χ0n) is 10.7. The summed E-state index contributed by atoms with van der Waals surface area (Å²) < 4.78 is 9.27. The van der Waals surface area contributed by atoms with Crippen molar-refractivity contribution in [3.63, 3.8) is 0 Å². The quantitative estimate of drug-likeness (QED) is 0.615. The van der Waals surface area contributed by atoms with Gasteiger partial charge in [-0.05, 0) is 12.8 Å². The minimum absolute atomic E-state index is 0.130. The first kappa shape index (κ1) is 16.4. The Labute approximate surface area is 105 Å². The van der Waals surface area contributed by atoms with E-state index in [1.54, 1.807) is 20.8 Å². The molecule has 0 saturated heterocycles. The molecule has 0 aromatic carbocycles. The van der Waals surface area contributed by atoms with Crippen LogP contribution in [-0.4, -0.2) is 41.8 Å². The summed E-state index contributed by atoms with van der Waals surface area (Å²) in [5.41, 5.74) is 5.51. The molecular formula is C11H19NO6. The lowest BCUT2D eigenvalue weighted by atomic mass is 10.1. The number of carboxylic acid groups (broad SMARTS) is 1. The smallest absolute Gasteiger partial charge is 0.345 e. The van der Waals surface area contributed by atoms with E-state index in [-0.39, 0.29) is 12.5 Å². The van der Waals surface area contributed by atoms with Gasteiger partial charge in [0.15, 0.2) is 0 Å².